The molecule has 0 bridgehead atoms. The highest BCUT2D eigenvalue weighted by atomic mass is 32.1. The summed E-state index contributed by atoms with van der Waals surface area (Å²) in [5.74, 6) is -1.45. The Morgan fingerprint density at radius 3 is 2.61 bits per heavy atom. The Balaban J connectivity index is 1.62. The van der Waals surface area contributed by atoms with E-state index in [4.69, 9.17) is 5.73 Å². The first-order valence-corrected chi connectivity index (χ1v) is 8.93. The highest BCUT2D eigenvalue weighted by Gasteiger charge is 2.14. The third kappa shape index (κ3) is 4.68. The quantitative estimate of drug-likeness (QED) is 0.496. The standard InChI is InChI=1S/C18H15N5O4S/c19-16(26)12-3-1-2-4-13(12)22-15(25)7-11-9-28-18(21-11)23-17(27)10-5-6-14(24)20-8-10/h1-6,8-9H,7H2,(H2,19,26)(H,20,24)(H,22,25)(H,21,23,27). The van der Waals surface area contributed by atoms with Gasteiger partial charge in [0.05, 0.1) is 28.9 Å². The van der Waals surface area contributed by atoms with Crippen molar-refractivity contribution in [1.29, 1.82) is 0 Å². The maximum atomic E-state index is 12.2. The summed E-state index contributed by atoms with van der Waals surface area (Å²) in [6.07, 6.45) is 1.26. The topological polar surface area (TPSA) is 147 Å². The van der Waals surface area contributed by atoms with Gasteiger partial charge in [-0.3, -0.25) is 24.5 Å². The maximum Gasteiger partial charge on any atom is 0.258 e. The van der Waals surface area contributed by atoms with Crippen LogP contribution in [0.25, 0.3) is 0 Å². The second-order valence-electron chi connectivity index (χ2n) is 5.67. The third-order valence-electron chi connectivity index (χ3n) is 3.63. The number of para-hydroxylation sites is 1. The number of primary amides is 1. The number of benzene rings is 1. The van der Waals surface area contributed by atoms with Crippen molar-refractivity contribution in [2.24, 2.45) is 5.73 Å². The Bertz CT molecular complexity index is 1080. The number of nitrogens with one attached hydrogen (secondary N) is 3. The fourth-order valence-electron chi connectivity index (χ4n) is 2.33. The average Bonchev–Trinajstić information content (AvgIpc) is 3.09. The van der Waals surface area contributed by atoms with Gasteiger partial charge in [-0.15, -0.1) is 11.3 Å². The SMILES string of the molecule is NC(=O)c1ccccc1NC(=O)Cc1csc(NC(=O)c2ccc(=O)[nH]c2)n1. The molecule has 0 aliphatic heterocycles. The minimum absolute atomic E-state index is 0.0435. The van der Waals surface area contributed by atoms with E-state index >= 15 is 0 Å². The molecule has 0 fully saturated rings. The van der Waals surface area contributed by atoms with Crippen LogP contribution in [-0.2, 0) is 11.2 Å². The largest absolute Gasteiger partial charge is 0.366 e. The van der Waals surface area contributed by atoms with E-state index in [-0.39, 0.29) is 29.0 Å². The molecule has 9 nitrogen and oxygen atoms in total. The van der Waals surface area contributed by atoms with Crippen LogP contribution in [0, 0.1) is 0 Å². The molecule has 0 saturated heterocycles. The average molecular weight is 397 g/mol. The van der Waals surface area contributed by atoms with Crippen LogP contribution in [-0.4, -0.2) is 27.7 Å². The van der Waals surface area contributed by atoms with Crippen molar-refractivity contribution >= 4 is 39.9 Å². The smallest absolute Gasteiger partial charge is 0.258 e. The summed E-state index contributed by atoms with van der Waals surface area (Å²) >= 11 is 1.16. The van der Waals surface area contributed by atoms with Gasteiger partial charge >= 0.3 is 0 Å². The van der Waals surface area contributed by atoms with E-state index in [2.05, 4.69) is 20.6 Å². The molecule has 142 valence electrons. The molecular formula is C18H15N5O4S. The number of anilines is 2. The van der Waals surface area contributed by atoms with E-state index in [1.54, 1.807) is 23.6 Å². The number of thiazole rings is 1. The molecule has 1 aromatic carbocycles. The summed E-state index contributed by atoms with van der Waals surface area (Å²) in [7, 11) is 0. The molecule has 28 heavy (non-hydrogen) atoms. The van der Waals surface area contributed by atoms with Gasteiger partial charge in [-0.1, -0.05) is 12.1 Å². The number of aromatic nitrogens is 2. The van der Waals surface area contributed by atoms with Gasteiger partial charge in [0.25, 0.3) is 11.8 Å². The van der Waals surface area contributed by atoms with Gasteiger partial charge < -0.3 is 16.0 Å². The fraction of sp³-hybridized carbons (Fsp3) is 0.0556. The van der Waals surface area contributed by atoms with Crippen molar-refractivity contribution in [1.82, 2.24) is 9.97 Å². The monoisotopic (exact) mass is 397 g/mol. The molecule has 10 heteroatoms. The third-order valence-corrected chi connectivity index (χ3v) is 4.43. The van der Waals surface area contributed by atoms with Crippen LogP contribution in [0.1, 0.15) is 26.4 Å². The minimum Gasteiger partial charge on any atom is -0.366 e. The highest BCUT2D eigenvalue weighted by Crippen LogP contribution is 2.18. The number of H-pyrrole nitrogens is 1. The van der Waals surface area contributed by atoms with Gasteiger partial charge in [0, 0.05) is 17.6 Å². The number of hydrogen-bond donors (Lipinski definition) is 4. The molecule has 0 radical (unpaired) electrons. The Morgan fingerprint density at radius 2 is 1.89 bits per heavy atom. The molecule has 2 aromatic heterocycles. The molecule has 0 aliphatic carbocycles. The number of carbonyl (C=O) groups excluding carboxylic acids is 3. The lowest BCUT2D eigenvalue weighted by atomic mass is 10.1. The molecule has 3 amide bonds. The van der Waals surface area contributed by atoms with E-state index in [9.17, 15) is 19.2 Å². The van der Waals surface area contributed by atoms with Gasteiger partial charge in [0.15, 0.2) is 5.13 Å². The predicted octanol–water partition coefficient (Wildman–Crippen LogP) is 1.36. The van der Waals surface area contributed by atoms with E-state index in [0.717, 1.165) is 11.3 Å². The summed E-state index contributed by atoms with van der Waals surface area (Å²) in [6.45, 7) is 0. The lowest BCUT2D eigenvalue weighted by Gasteiger charge is -2.07. The zero-order valence-corrected chi connectivity index (χ0v) is 15.2. The molecular weight excluding hydrogens is 382 g/mol. The van der Waals surface area contributed by atoms with Gasteiger partial charge in [0.2, 0.25) is 11.5 Å². The first-order chi connectivity index (χ1) is 13.4. The van der Waals surface area contributed by atoms with Crippen LogP contribution in [0.4, 0.5) is 10.8 Å². The minimum atomic E-state index is -0.642. The number of nitrogens with two attached hydrogens (primary N) is 1. The highest BCUT2D eigenvalue weighted by molar-refractivity contribution is 7.14. The van der Waals surface area contributed by atoms with Crippen molar-refractivity contribution in [2.45, 2.75) is 6.42 Å². The molecule has 2 heterocycles. The van der Waals surface area contributed by atoms with E-state index in [0.29, 0.717) is 16.5 Å². The summed E-state index contributed by atoms with van der Waals surface area (Å²) in [4.78, 5) is 53.4. The molecule has 3 aromatic rings. The first-order valence-electron chi connectivity index (χ1n) is 8.05. The predicted molar refractivity (Wildman–Crippen MR) is 104 cm³/mol. The van der Waals surface area contributed by atoms with Crippen LogP contribution in [0.3, 0.4) is 0 Å². The van der Waals surface area contributed by atoms with Crippen molar-refractivity contribution in [3.8, 4) is 0 Å². The van der Waals surface area contributed by atoms with E-state index < -0.39 is 11.8 Å². The summed E-state index contributed by atoms with van der Waals surface area (Å²) < 4.78 is 0. The fourth-order valence-corrected chi connectivity index (χ4v) is 3.04. The van der Waals surface area contributed by atoms with Crippen molar-refractivity contribution < 1.29 is 14.4 Å². The maximum absolute atomic E-state index is 12.2. The van der Waals surface area contributed by atoms with Crippen LogP contribution in [0.2, 0.25) is 0 Å². The number of hydrogen-bond acceptors (Lipinski definition) is 6. The van der Waals surface area contributed by atoms with E-state index in [1.807, 2.05) is 0 Å². The Labute approximate surface area is 162 Å². The van der Waals surface area contributed by atoms with Crippen molar-refractivity contribution in [3.05, 3.63) is 75.1 Å². The van der Waals surface area contributed by atoms with Gasteiger partial charge in [-0.2, -0.15) is 0 Å². The second kappa shape index (κ2) is 8.27. The van der Waals surface area contributed by atoms with Crippen LogP contribution in [0.15, 0.2) is 52.8 Å². The second-order valence-corrected chi connectivity index (χ2v) is 6.53. The summed E-state index contributed by atoms with van der Waals surface area (Å²) in [6, 6.07) is 9.06. The van der Waals surface area contributed by atoms with Crippen LogP contribution < -0.4 is 21.9 Å². The molecule has 0 unspecified atom stereocenters. The zero-order chi connectivity index (χ0) is 20.1. The van der Waals surface area contributed by atoms with E-state index in [1.165, 1.54) is 24.4 Å². The number of aromatic amines is 1. The Kier molecular flexibility index (Phi) is 5.61. The first kappa shape index (κ1) is 19.0. The molecule has 0 saturated carbocycles. The number of pyridine rings is 1. The molecule has 3 rings (SSSR count). The zero-order valence-electron chi connectivity index (χ0n) is 14.4. The van der Waals surface area contributed by atoms with Gasteiger partial charge in [-0.05, 0) is 18.2 Å². The summed E-state index contributed by atoms with van der Waals surface area (Å²) in [5, 5.41) is 7.18. The number of amides is 3. The van der Waals surface area contributed by atoms with Crippen LogP contribution >= 0.6 is 11.3 Å². The number of nitrogens with zero attached hydrogens (tertiary/aromatic N) is 1. The van der Waals surface area contributed by atoms with Crippen LogP contribution in [0.5, 0.6) is 0 Å². The van der Waals surface area contributed by atoms with Crippen molar-refractivity contribution in [3.63, 3.8) is 0 Å². The van der Waals surface area contributed by atoms with Gasteiger partial charge in [0.1, 0.15) is 0 Å². The Morgan fingerprint density at radius 1 is 1.11 bits per heavy atom. The lowest BCUT2D eigenvalue weighted by Crippen LogP contribution is -2.19. The number of carbonyl (C=O) groups is 3. The molecule has 5 N–H and O–H groups in total. The Hall–Kier alpha value is -3.79. The number of rotatable bonds is 6. The molecule has 0 aliphatic rings. The van der Waals surface area contributed by atoms with Gasteiger partial charge in [-0.25, -0.2) is 4.98 Å². The molecule has 0 spiro atoms. The van der Waals surface area contributed by atoms with Crippen molar-refractivity contribution in [2.75, 3.05) is 10.6 Å². The summed E-state index contributed by atoms with van der Waals surface area (Å²) in [5.41, 5.74) is 6.24. The normalized spacial score (nSPS) is 10.3. The lowest BCUT2D eigenvalue weighted by molar-refractivity contribution is -0.115. The molecule has 0 atom stereocenters.